The van der Waals surface area contributed by atoms with Crippen LogP contribution in [-0.2, 0) is 16.1 Å². The van der Waals surface area contributed by atoms with Gasteiger partial charge in [-0.1, -0.05) is 52.3 Å². The summed E-state index contributed by atoms with van der Waals surface area (Å²) in [4.78, 5) is 40.1. The molecule has 1 aliphatic heterocycles. The Morgan fingerprint density at radius 3 is 2.25 bits per heavy atom. The third kappa shape index (κ3) is 4.27. The first-order valence-electron chi connectivity index (χ1n) is 11.5. The Labute approximate surface area is 217 Å². The molecule has 0 unspecified atom stereocenters. The first kappa shape index (κ1) is 23.8. The maximum absolute atomic E-state index is 13.5. The monoisotopic (exact) mass is 541 g/mol. The highest BCUT2D eigenvalue weighted by molar-refractivity contribution is 9.10. The van der Waals surface area contributed by atoms with E-state index in [2.05, 4.69) is 37.9 Å². The summed E-state index contributed by atoms with van der Waals surface area (Å²) >= 11 is 3.48. The average molecular weight is 542 g/mol. The van der Waals surface area contributed by atoms with E-state index in [1.807, 2.05) is 63.2 Å². The van der Waals surface area contributed by atoms with Crippen molar-refractivity contribution < 1.29 is 14.4 Å². The summed E-state index contributed by atoms with van der Waals surface area (Å²) in [5, 5.41) is 3.26. The number of aromatic nitrogens is 1. The summed E-state index contributed by atoms with van der Waals surface area (Å²) in [7, 11) is 0. The number of barbiturate groups is 1. The predicted molar refractivity (Wildman–Crippen MR) is 145 cm³/mol. The number of amides is 4. The lowest BCUT2D eigenvalue weighted by molar-refractivity contribution is -0.122. The Kier molecular flexibility index (Phi) is 6.10. The number of hydrogen-bond donors (Lipinski definition) is 1. The number of carbonyl (C=O) groups is 3. The molecule has 36 heavy (non-hydrogen) atoms. The SMILES string of the molecule is Cc1cc(C)cc(N2C(=O)NC(=O)/C(=C\c3c(C)n(Cc4ccc(Br)cc4)c4ccccc34)C2=O)c1. The fourth-order valence-electron chi connectivity index (χ4n) is 4.73. The molecular weight excluding hydrogens is 518 g/mol. The van der Waals surface area contributed by atoms with Crippen molar-refractivity contribution in [1.82, 2.24) is 9.88 Å². The molecule has 0 spiro atoms. The van der Waals surface area contributed by atoms with Gasteiger partial charge in [-0.2, -0.15) is 0 Å². The summed E-state index contributed by atoms with van der Waals surface area (Å²) in [6.45, 7) is 6.40. The number of fused-ring (bicyclic) bond motifs is 1. The maximum Gasteiger partial charge on any atom is 0.335 e. The number of halogens is 1. The van der Waals surface area contributed by atoms with E-state index in [-0.39, 0.29) is 5.57 Å². The zero-order valence-electron chi connectivity index (χ0n) is 20.1. The van der Waals surface area contributed by atoms with Crippen LogP contribution in [0.15, 0.2) is 76.8 Å². The molecule has 4 aromatic rings. The van der Waals surface area contributed by atoms with Crippen molar-refractivity contribution in [2.45, 2.75) is 27.3 Å². The Morgan fingerprint density at radius 1 is 0.889 bits per heavy atom. The number of benzene rings is 3. The van der Waals surface area contributed by atoms with E-state index in [1.165, 1.54) is 0 Å². The number of urea groups is 1. The van der Waals surface area contributed by atoms with Crippen LogP contribution in [0.4, 0.5) is 10.5 Å². The molecule has 2 heterocycles. The van der Waals surface area contributed by atoms with Crippen LogP contribution in [0.1, 0.15) is 27.9 Å². The van der Waals surface area contributed by atoms with Crippen molar-refractivity contribution >= 4 is 56.4 Å². The summed E-state index contributed by atoms with van der Waals surface area (Å²) in [5.74, 6) is -1.34. The van der Waals surface area contributed by atoms with Crippen LogP contribution in [0.25, 0.3) is 17.0 Å². The highest BCUT2D eigenvalue weighted by Gasteiger charge is 2.37. The third-order valence-corrected chi connectivity index (χ3v) is 6.92. The van der Waals surface area contributed by atoms with E-state index in [1.54, 1.807) is 18.2 Å². The minimum atomic E-state index is -0.749. The number of nitrogens with zero attached hydrogens (tertiary/aromatic N) is 2. The lowest BCUT2D eigenvalue weighted by atomic mass is 10.0. The average Bonchev–Trinajstić information content (AvgIpc) is 3.08. The summed E-state index contributed by atoms with van der Waals surface area (Å²) in [6.07, 6.45) is 1.61. The lowest BCUT2D eigenvalue weighted by Gasteiger charge is -2.27. The molecule has 0 saturated carbocycles. The number of para-hydroxylation sites is 1. The van der Waals surface area contributed by atoms with E-state index in [9.17, 15) is 14.4 Å². The van der Waals surface area contributed by atoms with Crippen molar-refractivity contribution in [2.24, 2.45) is 0 Å². The molecule has 1 N–H and O–H groups in total. The molecule has 1 aliphatic rings. The van der Waals surface area contributed by atoms with Gasteiger partial charge < -0.3 is 4.57 Å². The summed E-state index contributed by atoms with van der Waals surface area (Å²) in [5.41, 5.74) is 6.00. The lowest BCUT2D eigenvalue weighted by Crippen LogP contribution is -2.54. The zero-order valence-corrected chi connectivity index (χ0v) is 21.7. The van der Waals surface area contributed by atoms with Crippen molar-refractivity contribution in [3.63, 3.8) is 0 Å². The Bertz CT molecular complexity index is 1560. The molecule has 5 rings (SSSR count). The summed E-state index contributed by atoms with van der Waals surface area (Å²) in [6, 6.07) is 20.7. The van der Waals surface area contributed by atoms with Crippen LogP contribution in [0.5, 0.6) is 0 Å². The van der Waals surface area contributed by atoms with Gasteiger partial charge in [0.05, 0.1) is 5.69 Å². The van der Waals surface area contributed by atoms with E-state index in [0.29, 0.717) is 12.2 Å². The molecule has 0 radical (unpaired) electrons. The van der Waals surface area contributed by atoms with Crippen LogP contribution >= 0.6 is 15.9 Å². The normalized spacial score (nSPS) is 15.2. The van der Waals surface area contributed by atoms with Crippen molar-refractivity contribution in [3.8, 4) is 0 Å². The van der Waals surface area contributed by atoms with Gasteiger partial charge in [0.15, 0.2) is 0 Å². The third-order valence-electron chi connectivity index (χ3n) is 6.39. The van der Waals surface area contributed by atoms with Gasteiger partial charge in [0, 0.05) is 33.2 Å². The molecule has 180 valence electrons. The van der Waals surface area contributed by atoms with Crippen molar-refractivity contribution in [2.75, 3.05) is 4.90 Å². The smallest absolute Gasteiger partial charge is 0.335 e. The molecule has 1 aromatic heterocycles. The second-order valence-corrected chi connectivity index (χ2v) is 9.95. The minimum Gasteiger partial charge on any atom is -0.340 e. The van der Waals surface area contributed by atoms with Crippen molar-refractivity contribution in [1.29, 1.82) is 0 Å². The van der Waals surface area contributed by atoms with Crippen LogP contribution in [0.3, 0.4) is 0 Å². The molecule has 0 aliphatic carbocycles. The number of nitrogens with one attached hydrogen (secondary N) is 1. The first-order chi connectivity index (χ1) is 17.2. The number of imide groups is 2. The maximum atomic E-state index is 13.5. The molecule has 3 aromatic carbocycles. The fourth-order valence-corrected chi connectivity index (χ4v) is 5.00. The van der Waals surface area contributed by atoms with Crippen LogP contribution < -0.4 is 10.2 Å². The topological polar surface area (TPSA) is 71.4 Å². The number of rotatable bonds is 4. The van der Waals surface area contributed by atoms with E-state index in [4.69, 9.17) is 0 Å². The molecule has 7 heteroatoms. The summed E-state index contributed by atoms with van der Waals surface area (Å²) < 4.78 is 3.18. The van der Waals surface area contributed by atoms with Gasteiger partial charge in [-0.15, -0.1) is 0 Å². The highest BCUT2D eigenvalue weighted by atomic mass is 79.9. The second kappa shape index (κ2) is 9.24. The number of anilines is 1. The second-order valence-electron chi connectivity index (χ2n) is 9.03. The molecule has 4 amide bonds. The van der Waals surface area contributed by atoms with Crippen LogP contribution in [0.2, 0.25) is 0 Å². The van der Waals surface area contributed by atoms with Gasteiger partial charge in [-0.05, 0) is 73.9 Å². The predicted octanol–water partition coefficient (Wildman–Crippen LogP) is 6.04. The first-order valence-corrected chi connectivity index (χ1v) is 12.3. The quantitative estimate of drug-likeness (QED) is 0.252. The van der Waals surface area contributed by atoms with Gasteiger partial charge in [-0.3, -0.25) is 14.9 Å². The minimum absolute atomic E-state index is 0.0802. The number of carbonyl (C=O) groups excluding carboxylic acids is 3. The molecule has 1 saturated heterocycles. The van der Waals surface area contributed by atoms with Crippen LogP contribution in [-0.4, -0.2) is 22.4 Å². The Hall–Kier alpha value is -3.97. The molecule has 1 fully saturated rings. The van der Waals surface area contributed by atoms with Crippen molar-refractivity contribution in [3.05, 3.63) is 105 Å². The van der Waals surface area contributed by atoms with Gasteiger partial charge in [0.25, 0.3) is 11.8 Å². The number of hydrogen-bond acceptors (Lipinski definition) is 3. The van der Waals surface area contributed by atoms with E-state index in [0.717, 1.165) is 48.2 Å². The van der Waals surface area contributed by atoms with Crippen LogP contribution in [0, 0.1) is 20.8 Å². The van der Waals surface area contributed by atoms with E-state index < -0.39 is 17.8 Å². The van der Waals surface area contributed by atoms with Gasteiger partial charge in [-0.25, -0.2) is 9.69 Å². The standard InChI is InChI=1S/C29H24BrN3O3/c1-17-12-18(2)14-22(13-17)33-28(35)25(27(34)31-29(33)36)15-24-19(3)32(26-7-5-4-6-23(24)26)16-20-8-10-21(30)11-9-20/h4-15H,16H2,1-3H3,(H,31,34,36)/b25-15+. The molecule has 0 atom stereocenters. The highest BCUT2D eigenvalue weighted by Crippen LogP contribution is 2.31. The van der Waals surface area contributed by atoms with Gasteiger partial charge in [0.1, 0.15) is 5.57 Å². The Morgan fingerprint density at radius 2 is 1.56 bits per heavy atom. The zero-order chi connectivity index (χ0) is 25.6. The fraction of sp³-hybridized carbons (Fsp3) is 0.138. The van der Waals surface area contributed by atoms with E-state index >= 15 is 0 Å². The Balaban J connectivity index is 1.61. The van der Waals surface area contributed by atoms with Gasteiger partial charge >= 0.3 is 6.03 Å². The molecule has 0 bridgehead atoms. The number of aryl methyl sites for hydroxylation is 2. The largest absolute Gasteiger partial charge is 0.340 e. The van der Waals surface area contributed by atoms with Gasteiger partial charge in [0.2, 0.25) is 0 Å². The molecular formula is C29H24BrN3O3. The molecule has 6 nitrogen and oxygen atoms in total.